The van der Waals surface area contributed by atoms with Crippen molar-refractivity contribution in [2.45, 2.75) is 38.6 Å². The molecule has 0 radical (unpaired) electrons. The number of anilines is 1. The molecule has 2 aromatic rings. The zero-order valence-corrected chi connectivity index (χ0v) is 15.6. The predicted molar refractivity (Wildman–Crippen MR) is 104 cm³/mol. The van der Waals surface area contributed by atoms with Crippen molar-refractivity contribution in [3.05, 3.63) is 64.7 Å². The molecule has 2 rings (SSSR count). The summed E-state index contributed by atoms with van der Waals surface area (Å²) in [5.74, 6) is 0.00780. The van der Waals surface area contributed by atoms with Crippen LogP contribution in [0.25, 0.3) is 0 Å². The molecule has 0 aliphatic rings. The number of carbonyl (C=O) groups excluding carboxylic acids is 1. The van der Waals surface area contributed by atoms with Crippen LogP contribution in [0.15, 0.2) is 48.5 Å². The van der Waals surface area contributed by atoms with Gasteiger partial charge in [-0.2, -0.15) is 0 Å². The van der Waals surface area contributed by atoms with Crippen molar-refractivity contribution in [2.24, 2.45) is 0 Å². The van der Waals surface area contributed by atoms with E-state index in [2.05, 4.69) is 19.2 Å². The number of hydrogen-bond acceptors (Lipinski definition) is 2. The Hall–Kier alpha value is -1.71. The second-order valence-corrected chi connectivity index (χ2v) is 6.20. The maximum atomic E-state index is 12.5. The number of nitrogen functional groups attached to an aromatic ring is 1. The summed E-state index contributed by atoms with van der Waals surface area (Å²) in [4.78, 5) is 12.5. The molecule has 0 bridgehead atoms. The summed E-state index contributed by atoms with van der Waals surface area (Å²) >= 11 is 5.98. The molecule has 130 valence electrons. The lowest BCUT2D eigenvalue weighted by atomic mass is 9.84. The fourth-order valence-corrected chi connectivity index (χ4v) is 2.93. The van der Waals surface area contributed by atoms with Crippen molar-refractivity contribution >= 4 is 35.6 Å². The molecule has 0 saturated heterocycles. The van der Waals surface area contributed by atoms with Crippen molar-refractivity contribution < 1.29 is 4.79 Å². The van der Waals surface area contributed by atoms with E-state index in [-0.39, 0.29) is 23.9 Å². The minimum Gasteiger partial charge on any atom is -0.399 e. The first-order valence-corrected chi connectivity index (χ1v) is 8.28. The smallest absolute Gasteiger partial charge is 0.225 e. The summed E-state index contributed by atoms with van der Waals surface area (Å²) < 4.78 is 0. The number of rotatable bonds is 6. The van der Waals surface area contributed by atoms with Crippen LogP contribution in [0.5, 0.6) is 0 Å². The molecule has 5 heteroatoms. The van der Waals surface area contributed by atoms with E-state index in [0.29, 0.717) is 17.1 Å². The Kier molecular flexibility index (Phi) is 7.59. The molecule has 0 saturated carbocycles. The van der Waals surface area contributed by atoms with Crippen LogP contribution in [0.1, 0.15) is 37.8 Å². The highest BCUT2D eigenvalue weighted by Gasteiger charge is 2.30. The van der Waals surface area contributed by atoms with Crippen LogP contribution in [0.3, 0.4) is 0 Å². The van der Waals surface area contributed by atoms with Crippen LogP contribution < -0.4 is 11.1 Å². The number of benzene rings is 2. The Morgan fingerprint density at radius 1 is 1.04 bits per heavy atom. The van der Waals surface area contributed by atoms with Crippen molar-refractivity contribution in [3.8, 4) is 0 Å². The van der Waals surface area contributed by atoms with Gasteiger partial charge in [0.15, 0.2) is 0 Å². The van der Waals surface area contributed by atoms with E-state index in [1.165, 1.54) is 0 Å². The second-order valence-electron chi connectivity index (χ2n) is 5.76. The van der Waals surface area contributed by atoms with Gasteiger partial charge < -0.3 is 11.1 Å². The minimum atomic E-state index is -0.366. The number of amides is 1. The van der Waals surface area contributed by atoms with Crippen molar-refractivity contribution in [1.82, 2.24) is 5.32 Å². The summed E-state index contributed by atoms with van der Waals surface area (Å²) in [6, 6.07) is 15.1. The summed E-state index contributed by atoms with van der Waals surface area (Å²) in [6.07, 6.45) is 1.98. The molecule has 2 aromatic carbocycles. The van der Waals surface area contributed by atoms with Gasteiger partial charge in [-0.05, 0) is 48.2 Å². The lowest BCUT2D eigenvalue weighted by Gasteiger charge is -2.33. The van der Waals surface area contributed by atoms with Crippen molar-refractivity contribution in [3.63, 3.8) is 0 Å². The van der Waals surface area contributed by atoms with Gasteiger partial charge in [-0.15, -0.1) is 12.4 Å². The average Bonchev–Trinajstić information content (AvgIpc) is 2.56. The first-order chi connectivity index (χ1) is 11.0. The average molecular weight is 367 g/mol. The molecule has 0 unspecified atom stereocenters. The third kappa shape index (κ3) is 4.89. The zero-order chi connectivity index (χ0) is 16.9. The quantitative estimate of drug-likeness (QED) is 0.726. The van der Waals surface area contributed by atoms with Crippen LogP contribution in [-0.2, 0) is 16.8 Å². The molecule has 24 heavy (non-hydrogen) atoms. The Morgan fingerprint density at radius 2 is 1.58 bits per heavy atom. The van der Waals surface area contributed by atoms with E-state index >= 15 is 0 Å². The van der Waals surface area contributed by atoms with Gasteiger partial charge in [-0.1, -0.05) is 49.7 Å². The lowest BCUT2D eigenvalue weighted by molar-refractivity contribution is -0.122. The molecule has 3 nitrogen and oxygen atoms in total. The summed E-state index contributed by atoms with van der Waals surface area (Å²) in [6.45, 7) is 4.17. The summed E-state index contributed by atoms with van der Waals surface area (Å²) in [5.41, 5.74) is 8.05. The van der Waals surface area contributed by atoms with E-state index in [9.17, 15) is 4.79 Å². The van der Waals surface area contributed by atoms with Gasteiger partial charge in [-0.25, -0.2) is 0 Å². The number of nitrogens with one attached hydrogen (secondary N) is 1. The predicted octanol–water partition coefficient (Wildman–Crippen LogP) is 4.72. The van der Waals surface area contributed by atoms with E-state index < -0.39 is 0 Å². The number of nitrogens with two attached hydrogens (primary N) is 1. The Bertz CT molecular complexity index is 650. The van der Waals surface area contributed by atoms with E-state index in [4.69, 9.17) is 17.3 Å². The summed E-state index contributed by atoms with van der Waals surface area (Å²) in [7, 11) is 0. The third-order valence-corrected chi connectivity index (χ3v) is 4.58. The number of hydrogen-bond donors (Lipinski definition) is 2. The van der Waals surface area contributed by atoms with Gasteiger partial charge in [0, 0.05) is 10.7 Å². The van der Waals surface area contributed by atoms with Gasteiger partial charge in [0.25, 0.3) is 0 Å². The number of carbonyl (C=O) groups is 1. The Labute approximate surface area is 155 Å². The van der Waals surface area contributed by atoms with Gasteiger partial charge >= 0.3 is 0 Å². The number of halogens is 2. The van der Waals surface area contributed by atoms with Gasteiger partial charge in [0.2, 0.25) is 5.91 Å². The van der Waals surface area contributed by atoms with Crippen LogP contribution in [-0.4, -0.2) is 5.91 Å². The molecular weight excluding hydrogens is 343 g/mol. The second kappa shape index (κ2) is 8.95. The van der Waals surface area contributed by atoms with E-state index in [1.807, 2.05) is 48.5 Å². The van der Waals surface area contributed by atoms with Crippen molar-refractivity contribution in [2.75, 3.05) is 5.73 Å². The molecule has 0 atom stereocenters. The molecule has 0 aliphatic heterocycles. The van der Waals surface area contributed by atoms with Gasteiger partial charge in [0.05, 0.1) is 12.0 Å². The maximum absolute atomic E-state index is 12.5. The van der Waals surface area contributed by atoms with E-state index in [0.717, 1.165) is 24.0 Å². The standard InChI is InChI=1S/C19H23ClN2O.ClH/c1-3-19(4-2,15-7-9-16(20)10-8-15)22-18(23)13-14-5-11-17(21)12-6-14;/h5-12H,3-4,13,21H2,1-2H3,(H,22,23);1H. The Balaban J connectivity index is 0.00000288. The summed E-state index contributed by atoms with van der Waals surface area (Å²) in [5, 5.41) is 3.91. The largest absolute Gasteiger partial charge is 0.399 e. The normalized spacial score (nSPS) is 10.8. The molecule has 0 spiro atoms. The highest BCUT2D eigenvalue weighted by Crippen LogP contribution is 2.29. The minimum absolute atomic E-state index is 0. The van der Waals surface area contributed by atoms with Crippen LogP contribution in [0.4, 0.5) is 5.69 Å². The molecule has 3 N–H and O–H groups in total. The zero-order valence-electron chi connectivity index (χ0n) is 14.0. The Morgan fingerprint density at radius 3 is 2.08 bits per heavy atom. The fourth-order valence-electron chi connectivity index (χ4n) is 2.81. The van der Waals surface area contributed by atoms with Crippen molar-refractivity contribution in [1.29, 1.82) is 0 Å². The molecule has 0 fully saturated rings. The first-order valence-electron chi connectivity index (χ1n) is 7.90. The molecule has 0 heterocycles. The molecule has 0 aromatic heterocycles. The highest BCUT2D eigenvalue weighted by molar-refractivity contribution is 6.30. The van der Waals surface area contributed by atoms with Crippen LogP contribution in [0, 0.1) is 0 Å². The monoisotopic (exact) mass is 366 g/mol. The molecule has 1 amide bonds. The topological polar surface area (TPSA) is 55.1 Å². The third-order valence-electron chi connectivity index (χ3n) is 4.33. The lowest BCUT2D eigenvalue weighted by Crippen LogP contribution is -2.45. The maximum Gasteiger partial charge on any atom is 0.225 e. The SMILES string of the molecule is CCC(CC)(NC(=O)Cc1ccc(N)cc1)c1ccc(Cl)cc1.Cl. The van der Waals surface area contributed by atoms with Gasteiger partial charge in [0.1, 0.15) is 0 Å². The van der Waals surface area contributed by atoms with Crippen LogP contribution in [0.2, 0.25) is 5.02 Å². The first kappa shape index (κ1) is 20.3. The van der Waals surface area contributed by atoms with E-state index in [1.54, 1.807) is 0 Å². The molecular formula is C19H24Cl2N2O. The van der Waals surface area contributed by atoms with Crippen LogP contribution >= 0.6 is 24.0 Å². The highest BCUT2D eigenvalue weighted by atomic mass is 35.5. The van der Waals surface area contributed by atoms with Gasteiger partial charge in [-0.3, -0.25) is 4.79 Å². The molecule has 0 aliphatic carbocycles. The fraction of sp³-hybridized carbons (Fsp3) is 0.316.